The van der Waals surface area contributed by atoms with Crippen molar-refractivity contribution in [3.63, 3.8) is 0 Å². The molecule has 0 aliphatic rings. The van der Waals surface area contributed by atoms with Gasteiger partial charge in [-0.25, -0.2) is 9.66 Å². The van der Waals surface area contributed by atoms with Crippen molar-refractivity contribution in [1.82, 2.24) is 14.6 Å². The van der Waals surface area contributed by atoms with Crippen LogP contribution in [-0.4, -0.2) is 14.6 Å². The van der Waals surface area contributed by atoms with Crippen molar-refractivity contribution in [3.8, 4) is 0 Å². The van der Waals surface area contributed by atoms with E-state index in [2.05, 4.69) is 9.97 Å². The topological polar surface area (TPSA) is 73.8 Å². The molecule has 0 atom stereocenters. The van der Waals surface area contributed by atoms with Gasteiger partial charge in [-0.15, -0.1) is 0 Å². The van der Waals surface area contributed by atoms with Gasteiger partial charge in [-0.05, 0) is 12.1 Å². The molecule has 0 fully saturated rings. The SMILES string of the molecule is Nn1cnc(=O)c2cccnc21. The normalized spacial score (nSPS) is 10.3. The van der Waals surface area contributed by atoms with Gasteiger partial charge in [0.15, 0.2) is 5.65 Å². The third-order valence-corrected chi connectivity index (χ3v) is 1.56. The molecule has 0 amide bonds. The average Bonchev–Trinajstić information content (AvgIpc) is 2.12. The number of rotatable bonds is 0. The first-order valence-electron chi connectivity index (χ1n) is 3.36. The Kier molecular flexibility index (Phi) is 1.30. The van der Waals surface area contributed by atoms with Crippen LogP contribution in [-0.2, 0) is 0 Å². The Bertz CT molecular complexity index is 476. The minimum Gasteiger partial charge on any atom is -0.336 e. The van der Waals surface area contributed by atoms with Gasteiger partial charge in [0.1, 0.15) is 6.33 Å². The van der Waals surface area contributed by atoms with Crippen LogP contribution < -0.4 is 11.4 Å². The monoisotopic (exact) mass is 162 g/mol. The number of pyridine rings is 1. The van der Waals surface area contributed by atoms with E-state index >= 15 is 0 Å². The Hall–Kier alpha value is -1.91. The highest BCUT2D eigenvalue weighted by atomic mass is 16.1. The molecule has 2 aromatic heterocycles. The number of nitrogen functional groups attached to an aromatic ring is 1. The molecule has 0 aliphatic carbocycles. The Balaban J connectivity index is 3.05. The molecule has 0 radical (unpaired) electrons. The highest BCUT2D eigenvalue weighted by Gasteiger charge is 2.00. The number of nitrogens with zero attached hydrogens (tertiary/aromatic N) is 3. The standard InChI is InChI=1S/C7H6N4O/c8-11-4-10-7(12)5-2-1-3-9-6(5)11/h1-4H,8H2. The molecule has 2 heterocycles. The predicted molar refractivity (Wildman–Crippen MR) is 43.9 cm³/mol. The molecule has 12 heavy (non-hydrogen) atoms. The minimum absolute atomic E-state index is 0.306. The van der Waals surface area contributed by atoms with Gasteiger partial charge in [-0.1, -0.05) is 0 Å². The number of nitrogens with two attached hydrogens (primary N) is 1. The fraction of sp³-hybridized carbons (Fsp3) is 0. The molecule has 0 spiro atoms. The van der Waals surface area contributed by atoms with Crippen LogP contribution in [0.1, 0.15) is 0 Å². The zero-order chi connectivity index (χ0) is 8.55. The van der Waals surface area contributed by atoms with E-state index in [1.807, 2.05) is 0 Å². The number of hydrogen-bond donors (Lipinski definition) is 1. The largest absolute Gasteiger partial charge is 0.336 e. The van der Waals surface area contributed by atoms with Gasteiger partial charge in [0.25, 0.3) is 5.56 Å². The van der Waals surface area contributed by atoms with Crippen LogP contribution in [0.3, 0.4) is 0 Å². The zero-order valence-electron chi connectivity index (χ0n) is 6.14. The van der Waals surface area contributed by atoms with Gasteiger partial charge < -0.3 is 5.84 Å². The maximum Gasteiger partial charge on any atom is 0.282 e. The molecule has 60 valence electrons. The Morgan fingerprint density at radius 1 is 1.42 bits per heavy atom. The van der Waals surface area contributed by atoms with E-state index in [1.165, 1.54) is 11.0 Å². The summed E-state index contributed by atoms with van der Waals surface area (Å²) >= 11 is 0. The first-order chi connectivity index (χ1) is 5.79. The van der Waals surface area contributed by atoms with Gasteiger partial charge >= 0.3 is 0 Å². The van der Waals surface area contributed by atoms with Crippen molar-refractivity contribution in [2.75, 3.05) is 5.84 Å². The summed E-state index contributed by atoms with van der Waals surface area (Å²) in [5, 5.41) is 0.433. The molecule has 0 saturated heterocycles. The summed E-state index contributed by atoms with van der Waals surface area (Å²) in [6.07, 6.45) is 2.82. The smallest absolute Gasteiger partial charge is 0.282 e. The van der Waals surface area contributed by atoms with Crippen molar-refractivity contribution in [3.05, 3.63) is 35.0 Å². The van der Waals surface area contributed by atoms with E-state index in [0.29, 0.717) is 11.0 Å². The van der Waals surface area contributed by atoms with E-state index in [1.54, 1.807) is 18.3 Å². The van der Waals surface area contributed by atoms with Gasteiger partial charge in [-0.3, -0.25) is 4.79 Å². The zero-order valence-corrected chi connectivity index (χ0v) is 6.14. The lowest BCUT2D eigenvalue weighted by Crippen LogP contribution is -2.18. The first kappa shape index (κ1) is 6.78. The summed E-state index contributed by atoms with van der Waals surface area (Å²) in [5.41, 5.74) is 0.136. The van der Waals surface area contributed by atoms with Crippen LogP contribution in [0.2, 0.25) is 0 Å². The van der Waals surface area contributed by atoms with Crippen LogP contribution in [0.15, 0.2) is 29.5 Å². The number of hydrogen-bond acceptors (Lipinski definition) is 4. The molecule has 0 saturated carbocycles. The number of aromatic nitrogens is 3. The molecular weight excluding hydrogens is 156 g/mol. The second-order valence-corrected chi connectivity index (χ2v) is 2.33. The molecule has 2 rings (SSSR count). The first-order valence-corrected chi connectivity index (χ1v) is 3.36. The van der Waals surface area contributed by atoms with Crippen LogP contribution in [0.25, 0.3) is 11.0 Å². The van der Waals surface area contributed by atoms with Crippen molar-refractivity contribution in [2.45, 2.75) is 0 Å². The molecule has 2 N–H and O–H groups in total. The number of fused-ring (bicyclic) bond motifs is 1. The van der Waals surface area contributed by atoms with Crippen molar-refractivity contribution in [2.24, 2.45) is 0 Å². The highest BCUT2D eigenvalue weighted by molar-refractivity contribution is 5.73. The van der Waals surface area contributed by atoms with Crippen molar-refractivity contribution in [1.29, 1.82) is 0 Å². The lowest BCUT2D eigenvalue weighted by atomic mass is 10.3. The molecule has 0 bridgehead atoms. The lowest BCUT2D eigenvalue weighted by Gasteiger charge is -1.99. The molecular formula is C7H6N4O. The second kappa shape index (κ2) is 2.30. The van der Waals surface area contributed by atoms with E-state index < -0.39 is 0 Å². The Morgan fingerprint density at radius 3 is 3.00 bits per heavy atom. The third-order valence-electron chi connectivity index (χ3n) is 1.56. The molecule has 5 heteroatoms. The van der Waals surface area contributed by atoms with Crippen molar-refractivity contribution >= 4 is 11.0 Å². The molecule has 0 aliphatic heterocycles. The summed E-state index contributed by atoms with van der Waals surface area (Å²) in [7, 11) is 0. The summed E-state index contributed by atoms with van der Waals surface area (Å²) in [6.45, 7) is 0. The van der Waals surface area contributed by atoms with Crippen LogP contribution >= 0.6 is 0 Å². The van der Waals surface area contributed by atoms with E-state index in [-0.39, 0.29) is 5.56 Å². The van der Waals surface area contributed by atoms with Crippen LogP contribution in [0.5, 0.6) is 0 Å². The van der Waals surface area contributed by atoms with Gasteiger partial charge in [0, 0.05) is 6.20 Å². The Labute approximate surface area is 67.5 Å². The maximum absolute atomic E-state index is 11.1. The summed E-state index contributed by atoms with van der Waals surface area (Å²) in [6, 6.07) is 3.31. The minimum atomic E-state index is -0.306. The molecule has 0 aromatic carbocycles. The van der Waals surface area contributed by atoms with Crippen LogP contribution in [0, 0.1) is 0 Å². The fourth-order valence-electron chi connectivity index (χ4n) is 1.01. The summed E-state index contributed by atoms with van der Waals surface area (Å²) in [5.74, 6) is 5.48. The van der Waals surface area contributed by atoms with Crippen LogP contribution in [0.4, 0.5) is 0 Å². The molecule has 2 aromatic rings. The molecule has 5 nitrogen and oxygen atoms in total. The third kappa shape index (κ3) is 0.833. The van der Waals surface area contributed by atoms with E-state index in [4.69, 9.17) is 5.84 Å². The van der Waals surface area contributed by atoms with Gasteiger partial charge in [-0.2, -0.15) is 4.98 Å². The van der Waals surface area contributed by atoms with Crippen molar-refractivity contribution < 1.29 is 0 Å². The average molecular weight is 162 g/mol. The van der Waals surface area contributed by atoms with Gasteiger partial charge in [0.2, 0.25) is 0 Å². The second-order valence-electron chi connectivity index (χ2n) is 2.33. The van der Waals surface area contributed by atoms with E-state index in [0.717, 1.165) is 0 Å². The molecule has 0 unspecified atom stereocenters. The van der Waals surface area contributed by atoms with E-state index in [9.17, 15) is 4.79 Å². The Morgan fingerprint density at radius 2 is 2.25 bits per heavy atom. The lowest BCUT2D eigenvalue weighted by molar-refractivity contribution is 0.950. The fourth-order valence-corrected chi connectivity index (χ4v) is 1.01. The summed E-state index contributed by atoms with van der Waals surface area (Å²) in [4.78, 5) is 18.6. The quantitative estimate of drug-likeness (QED) is 0.530. The maximum atomic E-state index is 11.1. The summed E-state index contributed by atoms with van der Waals surface area (Å²) < 4.78 is 1.22. The predicted octanol–water partition coefficient (Wildman–Crippen LogP) is -0.495. The highest BCUT2D eigenvalue weighted by Crippen LogP contribution is 2.00. The van der Waals surface area contributed by atoms with Gasteiger partial charge in [0.05, 0.1) is 5.39 Å².